The summed E-state index contributed by atoms with van der Waals surface area (Å²) in [5.74, 6) is -0.607. The van der Waals surface area contributed by atoms with E-state index >= 15 is 0 Å². The fourth-order valence-corrected chi connectivity index (χ4v) is 2.56. The summed E-state index contributed by atoms with van der Waals surface area (Å²) in [4.78, 5) is 1.82. The predicted octanol–water partition coefficient (Wildman–Crippen LogP) is 2.38. The third-order valence-electron chi connectivity index (χ3n) is 3.56. The number of nitrogens with zero attached hydrogens (tertiary/aromatic N) is 4. The van der Waals surface area contributed by atoms with Crippen LogP contribution in [0.1, 0.15) is 24.1 Å². The molecule has 0 radical (unpaired) electrons. The molecule has 0 aromatic carbocycles. The molecule has 1 aliphatic heterocycles. The minimum absolute atomic E-state index is 0.0681. The first-order valence-corrected chi connectivity index (χ1v) is 6.10. The Hall–Kier alpha value is -1.71. The Balaban J connectivity index is 2.17. The van der Waals surface area contributed by atoms with Crippen molar-refractivity contribution in [2.24, 2.45) is 13.0 Å². The molecule has 2 heterocycles. The molecule has 0 N–H and O–H groups in total. The number of anilines is 1. The number of aryl methyl sites for hydroxylation is 2. The number of halogens is 3. The van der Waals surface area contributed by atoms with E-state index in [1.807, 2.05) is 4.90 Å². The fraction of sp³-hybridized carbons (Fsp3) is 0.667. The maximum atomic E-state index is 12.6. The summed E-state index contributed by atoms with van der Waals surface area (Å²) in [5, 5.41) is 13.3. The molecule has 1 aromatic rings. The van der Waals surface area contributed by atoms with E-state index in [4.69, 9.17) is 5.26 Å². The lowest BCUT2D eigenvalue weighted by molar-refractivity contribution is -0.179. The minimum atomic E-state index is -4.12. The van der Waals surface area contributed by atoms with Gasteiger partial charge in [-0.3, -0.25) is 4.68 Å². The average Bonchev–Trinajstić information content (AvgIpc) is 2.62. The first-order chi connectivity index (χ1) is 8.84. The fourth-order valence-electron chi connectivity index (χ4n) is 2.56. The molecule has 1 aliphatic rings. The van der Waals surface area contributed by atoms with Gasteiger partial charge in [-0.15, -0.1) is 0 Å². The zero-order chi connectivity index (χ0) is 14.2. The van der Waals surface area contributed by atoms with Crippen LogP contribution in [-0.2, 0) is 7.05 Å². The monoisotopic (exact) mass is 272 g/mol. The molecule has 4 nitrogen and oxygen atoms in total. The molecule has 0 aliphatic carbocycles. The van der Waals surface area contributed by atoms with Crippen LogP contribution in [0, 0.1) is 24.2 Å². The van der Waals surface area contributed by atoms with Crippen molar-refractivity contribution in [1.82, 2.24) is 9.78 Å². The number of piperidine rings is 1. The molecule has 1 saturated heterocycles. The standard InChI is InChI=1S/C12H15F3N4/c1-8-10(7-16)11(18(2)17-8)19-5-3-9(4-6-19)12(13,14)15/h9H,3-6H2,1-2H3. The summed E-state index contributed by atoms with van der Waals surface area (Å²) in [7, 11) is 1.71. The van der Waals surface area contributed by atoms with Crippen LogP contribution in [0.5, 0.6) is 0 Å². The highest BCUT2D eigenvalue weighted by molar-refractivity contribution is 5.57. The van der Waals surface area contributed by atoms with Crippen LogP contribution in [0.2, 0.25) is 0 Å². The molecule has 7 heteroatoms. The van der Waals surface area contributed by atoms with Gasteiger partial charge >= 0.3 is 6.18 Å². The van der Waals surface area contributed by atoms with Crippen molar-refractivity contribution < 1.29 is 13.2 Å². The molecule has 0 spiro atoms. The topological polar surface area (TPSA) is 44.9 Å². The summed E-state index contributed by atoms with van der Waals surface area (Å²) in [6, 6.07) is 2.08. The number of hydrogen-bond donors (Lipinski definition) is 0. The Morgan fingerprint density at radius 1 is 1.32 bits per heavy atom. The second-order valence-electron chi connectivity index (χ2n) is 4.82. The Labute approximate surface area is 109 Å². The molecule has 0 amide bonds. The van der Waals surface area contributed by atoms with Gasteiger partial charge in [0, 0.05) is 20.1 Å². The van der Waals surface area contributed by atoms with Gasteiger partial charge in [-0.1, -0.05) is 0 Å². The van der Waals surface area contributed by atoms with Gasteiger partial charge in [0.15, 0.2) is 0 Å². The van der Waals surface area contributed by atoms with Gasteiger partial charge in [0.05, 0.1) is 11.6 Å². The van der Waals surface area contributed by atoms with Crippen LogP contribution in [0.4, 0.5) is 19.0 Å². The summed E-state index contributed by atoms with van der Waals surface area (Å²) in [6.07, 6.45) is -3.98. The summed E-state index contributed by atoms with van der Waals surface area (Å²) >= 11 is 0. The van der Waals surface area contributed by atoms with E-state index in [-0.39, 0.29) is 12.8 Å². The lowest BCUT2D eigenvalue weighted by Gasteiger charge is -2.34. The van der Waals surface area contributed by atoms with Gasteiger partial charge < -0.3 is 4.90 Å². The molecular weight excluding hydrogens is 257 g/mol. The third kappa shape index (κ3) is 2.53. The van der Waals surface area contributed by atoms with Crippen molar-refractivity contribution in [2.45, 2.75) is 25.9 Å². The van der Waals surface area contributed by atoms with E-state index in [1.165, 1.54) is 0 Å². The van der Waals surface area contributed by atoms with E-state index in [1.54, 1.807) is 18.7 Å². The van der Waals surface area contributed by atoms with Crippen molar-refractivity contribution in [3.63, 3.8) is 0 Å². The SMILES string of the molecule is Cc1nn(C)c(N2CCC(C(F)(F)F)CC2)c1C#N. The minimum Gasteiger partial charge on any atom is -0.356 e. The van der Waals surface area contributed by atoms with E-state index in [0.29, 0.717) is 30.2 Å². The van der Waals surface area contributed by atoms with Crippen LogP contribution in [-0.4, -0.2) is 29.0 Å². The zero-order valence-electron chi connectivity index (χ0n) is 10.8. The number of aromatic nitrogens is 2. The van der Waals surface area contributed by atoms with Gasteiger partial charge in [0.2, 0.25) is 0 Å². The van der Waals surface area contributed by atoms with Crippen molar-refractivity contribution in [3.05, 3.63) is 11.3 Å². The van der Waals surface area contributed by atoms with E-state index in [2.05, 4.69) is 11.2 Å². The Morgan fingerprint density at radius 3 is 2.37 bits per heavy atom. The summed E-state index contributed by atoms with van der Waals surface area (Å²) in [6.45, 7) is 2.33. The Kier molecular flexibility index (Phi) is 3.43. The molecule has 1 aromatic heterocycles. The molecule has 104 valence electrons. The van der Waals surface area contributed by atoms with Crippen LogP contribution in [0.15, 0.2) is 0 Å². The maximum Gasteiger partial charge on any atom is 0.391 e. The highest BCUT2D eigenvalue weighted by Gasteiger charge is 2.41. The number of rotatable bonds is 1. The highest BCUT2D eigenvalue weighted by atomic mass is 19.4. The molecule has 19 heavy (non-hydrogen) atoms. The number of alkyl halides is 3. The summed E-state index contributed by atoms with van der Waals surface area (Å²) < 4.78 is 39.4. The second kappa shape index (κ2) is 4.76. The van der Waals surface area contributed by atoms with Crippen LogP contribution < -0.4 is 4.90 Å². The smallest absolute Gasteiger partial charge is 0.356 e. The molecule has 0 saturated carbocycles. The van der Waals surface area contributed by atoms with Crippen molar-refractivity contribution in [1.29, 1.82) is 5.26 Å². The van der Waals surface area contributed by atoms with E-state index in [0.717, 1.165) is 0 Å². The molecule has 0 atom stereocenters. The van der Waals surface area contributed by atoms with Crippen LogP contribution in [0.3, 0.4) is 0 Å². The lowest BCUT2D eigenvalue weighted by atomic mass is 9.96. The molecule has 0 unspecified atom stereocenters. The number of nitriles is 1. The first kappa shape index (κ1) is 13.7. The van der Waals surface area contributed by atoms with E-state index in [9.17, 15) is 13.2 Å². The second-order valence-corrected chi connectivity index (χ2v) is 4.82. The van der Waals surface area contributed by atoms with Gasteiger partial charge in [0.1, 0.15) is 17.5 Å². The van der Waals surface area contributed by atoms with Crippen LogP contribution in [0.25, 0.3) is 0 Å². The van der Waals surface area contributed by atoms with Crippen molar-refractivity contribution >= 4 is 5.82 Å². The first-order valence-electron chi connectivity index (χ1n) is 6.10. The molecular formula is C12H15F3N4. The molecule has 0 bridgehead atoms. The Morgan fingerprint density at radius 2 is 1.89 bits per heavy atom. The largest absolute Gasteiger partial charge is 0.391 e. The van der Waals surface area contributed by atoms with Crippen molar-refractivity contribution in [3.8, 4) is 6.07 Å². The molecule has 1 fully saturated rings. The van der Waals surface area contributed by atoms with Crippen molar-refractivity contribution in [2.75, 3.05) is 18.0 Å². The quantitative estimate of drug-likeness (QED) is 0.788. The maximum absolute atomic E-state index is 12.6. The zero-order valence-corrected chi connectivity index (χ0v) is 10.8. The van der Waals surface area contributed by atoms with Crippen LogP contribution >= 0.6 is 0 Å². The van der Waals surface area contributed by atoms with Gasteiger partial charge in [0.25, 0.3) is 0 Å². The predicted molar refractivity (Wildman–Crippen MR) is 63.7 cm³/mol. The van der Waals surface area contributed by atoms with Gasteiger partial charge in [-0.05, 0) is 19.8 Å². The summed E-state index contributed by atoms with van der Waals surface area (Å²) in [5.41, 5.74) is 1.06. The van der Waals surface area contributed by atoms with Gasteiger partial charge in [-0.25, -0.2) is 0 Å². The number of hydrogen-bond acceptors (Lipinski definition) is 3. The van der Waals surface area contributed by atoms with E-state index < -0.39 is 12.1 Å². The third-order valence-corrected chi connectivity index (χ3v) is 3.56. The average molecular weight is 272 g/mol. The Bertz CT molecular complexity index is 504. The normalized spacial score (nSPS) is 17.6. The highest BCUT2D eigenvalue weighted by Crippen LogP contribution is 2.36. The van der Waals surface area contributed by atoms with Gasteiger partial charge in [-0.2, -0.15) is 23.5 Å². The molecule has 2 rings (SSSR count). The lowest BCUT2D eigenvalue weighted by Crippen LogP contribution is -2.40.